The highest BCUT2D eigenvalue weighted by atomic mass is 16.1. The Labute approximate surface area is 183 Å². The zero-order chi connectivity index (χ0) is 21.0. The van der Waals surface area contributed by atoms with Crippen LogP contribution in [0.25, 0.3) is 10.9 Å². The van der Waals surface area contributed by atoms with Gasteiger partial charge >= 0.3 is 0 Å². The fourth-order valence-electron chi connectivity index (χ4n) is 4.37. The molecule has 3 aromatic rings. The van der Waals surface area contributed by atoms with Gasteiger partial charge in [-0.1, -0.05) is 48.9 Å². The van der Waals surface area contributed by atoms with E-state index >= 15 is 0 Å². The third-order valence-electron chi connectivity index (χ3n) is 6.29. The average molecular weight is 415 g/mol. The first-order chi connectivity index (χ1) is 15.3. The number of nitrogens with one attached hydrogen (secondary N) is 2. The first-order valence-corrected chi connectivity index (χ1v) is 11.5. The Hall–Kier alpha value is -2.92. The van der Waals surface area contributed by atoms with Gasteiger partial charge in [-0.25, -0.2) is 4.98 Å². The maximum Gasteiger partial charge on any atom is 0.252 e. The van der Waals surface area contributed by atoms with Crippen LogP contribution in [0.4, 0.5) is 5.82 Å². The van der Waals surface area contributed by atoms with Gasteiger partial charge in [-0.05, 0) is 62.0 Å². The highest BCUT2D eigenvalue weighted by Crippen LogP contribution is 2.24. The minimum Gasteiger partial charge on any atom is -0.366 e. The molecule has 2 N–H and O–H groups in total. The second-order valence-electron chi connectivity index (χ2n) is 8.78. The lowest BCUT2D eigenvalue weighted by Gasteiger charge is -2.27. The molecule has 31 heavy (non-hydrogen) atoms. The van der Waals surface area contributed by atoms with Crippen molar-refractivity contribution in [1.29, 1.82) is 0 Å². The summed E-state index contributed by atoms with van der Waals surface area (Å²) in [7, 11) is 0. The second kappa shape index (κ2) is 9.06. The van der Waals surface area contributed by atoms with E-state index in [1.54, 1.807) is 0 Å². The van der Waals surface area contributed by atoms with Gasteiger partial charge in [-0.15, -0.1) is 0 Å². The normalized spacial score (nSPS) is 16.9. The largest absolute Gasteiger partial charge is 0.366 e. The number of carbonyl (C=O) groups excluding carboxylic acids is 1. The number of pyridine rings is 1. The van der Waals surface area contributed by atoms with E-state index in [-0.39, 0.29) is 5.91 Å². The van der Waals surface area contributed by atoms with E-state index < -0.39 is 0 Å². The predicted molar refractivity (Wildman–Crippen MR) is 125 cm³/mol. The highest BCUT2D eigenvalue weighted by molar-refractivity contribution is 6.07. The summed E-state index contributed by atoms with van der Waals surface area (Å²) in [6.45, 7) is 4.07. The molecule has 0 spiro atoms. The third-order valence-corrected chi connectivity index (χ3v) is 6.29. The fourth-order valence-corrected chi connectivity index (χ4v) is 4.37. The standard InChI is InChI=1S/C26H30N4O/c31-26(28-21-12-13-21)23-16-25(29-24-11-5-4-10-22(23)24)27-17-19-8-2-3-9-20(19)18-30-14-6-1-7-15-30/h2-5,8-11,16,21H,1,6-7,12-15,17-18H2,(H,27,29)(H,28,31). The Bertz CT molecular complexity index is 1070. The van der Waals surface area contributed by atoms with E-state index in [9.17, 15) is 4.79 Å². The van der Waals surface area contributed by atoms with Crippen LogP contribution in [0.15, 0.2) is 54.6 Å². The summed E-state index contributed by atoms with van der Waals surface area (Å²) in [5.74, 6) is 0.738. The molecule has 0 atom stereocenters. The van der Waals surface area contributed by atoms with Crippen molar-refractivity contribution < 1.29 is 4.79 Å². The number of hydrogen-bond acceptors (Lipinski definition) is 4. The van der Waals surface area contributed by atoms with Crippen molar-refractivity contribution in [2.45, 2.75) is 51.2 Å². The predicted octanol–water partition coefficient (Wildman–Crippen LogP) is 4.73. The van der Waals surface area contributed by atoms with Gasteiger partial charge in [0.2, 0.25) is 0 Å². The Morgan fingerprint density at radius 3 is 2.52 bits per heavy atom. The van der Waals surface area contributed by atoms with Gasteiger partial charge in [0.25, 0.3) is 5.91 Å². The summed E-state index contributed by atoms with van der Waals surface area (Å²) in [5.41, 5.74) is 4.19. The Kier molecular flexibility index (Phi) is 5.85. The zero-order valence-electron chi connectivity index (χ0n) is 17.9. The first kappa shape index (κ1) is 20.0. The van der Waals surface area contributed by atoms with Crippen molar-refractivity contribution in [2.24, 2.45) is 0 Å². The number of piperidine rings is 1. The molecule has 1 aromatic heterocycles. The number of rotatable bonds is 7. The summed E-state index contributed by atoms with van der Waals surface area (Å²) < 4.78 is 0. The lowest BCUT2D eigenvalue weighted by Crippen LogP contribution is -2.29. The number of likely N-dealkylation sites (tertiary alicyclic amines) is 1. The van der Waals surface area contributed by atoms with Crippen LogP contribution in [0.2, 0.25) is 0 Å². The molecule has 2 heterocycles. The van der Waals surface area contributed by atoms with Crippen LogP contribution in [0.5, 0.6) is 0 Å². The van der Waals surface area contributed by atoms with Crippen molar-refractivity contribution in [2.75, 3.05) is 18.4 Å². The highest BCUT2D eigenvalue weighted by Gasteiger charge is 2.25. The number of carbonyl (C=O) groups is 1. The molecule has 1 aliphatic heterocycles. The van der Waals surface area contributed by atoms with Crippen molar-refractivity contribution in [1.82, 2.24) is 15.2 Å². The minimum atomic E-state index is -0.00495. The smallest absolute Gasteiger partial charge is 0.252 e. The quantitative estimate of drug-likeness (QED) is 0.587. The monoisotopic (exact) mass is 414 g/mol. The number of fused-ring (bicyclic) bond motifs is 1. The summed E-state index contributed by atoms with van der Waals surface area (Å²) >= 11 is 0. The second-order valence-corrected chi connectivity index (χ2v) is 8.78. The van der Waals surface area contributed by atoms with E-state index in [2.05, 4.69) is 39.8 Å². The molecule has 0 bridgehead atoms. The van der Waals surface area contributed by atoms with Crippen molar-refractivity contribution in [3.05, 3.63) is 71.3 Å². The van der Waals surface area contributed by atoms with Gasteiger partial charge in [0.1, 0.15) is 5.82 Å². The van der Waals surface area contributed by atoms with Crippen LogP contribution in [0.1, 0.15) is 53.6 Å². The van der Waals surface area contributed by atoms with Gasteiger partial charge < -0.3 is 10.6 Å². The number of para-hydroxylation sites is 1. The summed E-state index contributed by atoms with van der Waals surface area (Å²) in [5, 5.41) is 7.50. The number of hydrogen-bond donors (Lipinski definition) is 2. The van der Waals surface area contributed by atoms with E-state index in [0.717, 1.165) is 36.1 Å². The number of benzene rings is 2. The Balaban J connectivity index is 1.35. The van der Waals surface area contributed by atoms with Crippen molar-refractivity contribution in [3.8, 4) is 0 Å². The molecule has 0 unspecified atom stereocenters. The number of nitrogens with zero attached hydrogens (tertiary/aromatic N) is 2. The Morgan fingerprint density at radius 1 is 0.968 bits per heavy atom. The van der Waals surface area contributed by atoms with Crippen LogP contribution in [-0.4, -0.2) is 34.9 Å². The van der Waals surface area contributed by atoms with E-state index in [0.29, 0.717) is 18.2 Å². The molecule has 1 aliphatic carbocycles. The number of aromatic nitrogens is 1. The zero-order valence-corrected chi connectivity index (χ0v) is 17.9. The van der Waals surface area contributed by atoms with Gasteiger partial charge in [0.05, 0.1) is 11.1 Å². The molecule has 5 heteroatoms. The average Bonchev–Trinajstić information content (AvgIpc) is 3.62. The van der Waals surface area contributed by atoms with Crippen LogP contribution in [-0.2, 0) is 13.1 Å². The van der Waals surface area contributed by atoms with Crippen LogP contribution < -0.4 is 10.6 Å². The van der Waals surface area contributed by atoms with Gasteiger partial charge in [0, 0.05) is 24.5 Å². The SMILES string of the molecule is O=C(NC1CC1)c1cc(NCc2ccccc2CN2CCCCC2)nc2ccccc12. The molecule has 1 saturated heterocycles. The molecular formula is C26H30N4O. The molecule has 1 amide bonds. The number of anilines is 1. The lowest BCUT2D eigenvalue weighted by molar-refractivity contribution is 0.0952. The third kappa shape index (κ3) is 4.88. The Morgan fingerprint density at radius 2 is 1.71 bits per heavy atom. The fraction of sp³-hybridized carbons (Fsp3) is 0.385. The summed E-state index contributed by atoms with van der Waals surface area (Å²) in [4.78, 5) is 20.2. The van der Waals surface area contributed by atoms with Crippen molar-refractivity contribution >= 4 is 22.6 Å². The molecule has 2 aromatic carbocycles. The molecule has 2 aliphatic rings. The summed E-state index contributed by atoms with van der Waals surface area (Å²) in [6.07, 6.45) is 6.10. The maximum atomic E-state index is 12.8. The minimum absolute atomic E-state index is 0.00495. The molecule has 2 fully saturated rings. The topological polar surface area (TPSA) is 57.3 Å². The van der Waals surface area contributed by atoms with E-state index in [4.69, 9.17) is 4.98 Å². The molecule has 1 saturated carbocycles. The molecule has 0 radical (unpaired) electrons. The summed E-state index contributed by atoms with van der Waals surface area (Å²) in [6, 6.07) is 18.7. The van der Waals surface area contributed by atoms with E-state index in [1.807, 2.05) is 30.3 Å². The molecule has 160 valence electrons. The maximum absolute atomic E-state index is 12.8. The van der Waals surface area contributed by atoms with Crippen molar-refractivity contribution in [3.63, 3.8) is 0 Å². The molecular weight excluding hydrogens is 384 g/mol. The van der Waals surface area contributed by atoms with Gasteiger partial charge in [-0.2, -0.15) is 0 Å². The van der Waals surface area contributed by atoms with E-state index in [1.165, 1.54) is 43.5 Å². The van der Waals surface area contributed by atoms with Gasteiger partial charge in [-0.3, -0.25) is 9.69 Å². The molecule has 5 rings (SSSR count). The number of amides is 1. The van der Waals surface area contributed by atoms with Gasteiger partial charge in [0.15, 0.2) is 0 Å². The van der Waals surface area contributed by atoms with Crippen LogP contribution in [0.3, 0.4) is 0 Å². The lowest BCUT2D eigenvalue weighted by atomic mass is 10.0. The van der Waals surface area contributed by atoms with Crippen LogP contribution >= 0.6 is 0 Å². The first-order valence-electron chi connectivity index (χ1n) is 11.5. The molecule has 5 nitrogen and oxygen atoms in total. The van der Waals surface area contributed by atoms with Crippen LogP contribution in [0, 0.1) is 0 Å².